The summed E-state index contributed by atoms with van der Waals surface area (Å²) in [6.45, 7) is 4.64. The number of hydrogen-bond donors (Lipinski definition) is 2. The third kappa shape index (κ3) is 1.74. The molecule has 0 fully saturated rings. The van der Waals surface area contributed by atoms with Gasteiger partial charge in [0, 0.05) is 13.0 Å². The molecule has 0 saturated heterocycles. The predicted molar refractivity (Wildman–Crippen MR) is 53.5 cm³/mol. The van der Waals surface area contributed by atoms with Crippen molar-refractivity contribution in [1.82, 2.24) is 5.48 Å². The van der Waals surface area contributed by atoms with Crippen LogP contribution in [-0.2, 0) is 13.0 Å². The maximum atomic E-state index is 8.59. The van der Waals surface area contributed by atoms with Gasteiger partial charge in [0.05, 0.1) is 0 Å². The number of benzene rings is 1. The molecular formula is C11H15NO2. The van der Waals surface area contributed by atoms with Crippen molar-refractivity contribution in [2.45, 2.75) is 32.4 Å². The van der Waals surface area contributed by atoms with Crippen LogP contribution in [0.1, 0.15) is 25.0 Å². The molecule has 0 radical (unpaired) electrons. The van der Waals surface area contributed by atoms with Crippen molar-refractivity contribution in [2.75, 3.05) is 0 Å². The smallest absolute Gasteiger partial charge is 0.123 e. The first-order chi connectivity index (χ1) is 6.61. The molecule has 0 unspecified atom stereocenters. The highest BCUT2D eigenvalue weighted by Crippen LogP contribution is 2.35. The molecule has 14 heavy (non-hydrogen) atoms. The molecule has 0 aliphatic carbocycles. The fourth-order valence-electron chi connectivity index (χ4n) is 1.86. The molecule has 3 heteroatoms. The van der Waals surface area contributed by atoms with Crippen LogP contribution in [-0.4, -0.2) is 10.8 Å². The van der Waals surface area contributed by atoms with E-state index in [1.807, 2.05) is 12.1 Å². The summed E-state index contributed by atoms with van der Waals surface area (Å²) in [4.78, 5) is 0. The largest absolute Gasteiger partial charge is 0.487 e. The van der Waals surface area contributed by atoms with Crippen molar-refractivity contribution >= 4 is 0 Å². The topological polar surface area (TPSA) is 41.5 Å². The van der Waals surface area contributed by atoms with Gasteiger partial charge in [-0.25, -0.2) is 5.48 Å². The fourth-order valence-corrected chi connectivity index (χ4v) is 1.86. The van der Waals surface area contributed by atoms with Gasteiger partial charge in [-0.3, -0.25) is 0 Å². The Morgan fingerprint density at radius 2 is 2.29 bits per heavy atom. The van der Waals surface area contributed by atoms with Gasteiger partial charge in [-0.15, -0.1) is 0 Å². The number of hydrogen-bond acceptors (Lipinski definition) is 3. The van der Waals surface area contributed by atoms with E-state index in [0.29, 0.717) is 6.54 Å². The average Bonchev–Trinajstić information content (AvgIpc) is 2.38. The van der Waals surface area contributed by atoms with Gasteiger partial charge in [-0.1, -0.05) is 12.1 Å². The van der Waals surface area contributed by atoms with Crippen LogP contribution >= 0.6 is 0 Å². The summed E-state index contributed by atoms with van der Waals surface area (Å²) in [5.41, 5.74) is 4.37. The molecular weight excluding hydrogens is 178 g/mol. The van der Waals surface area contributed by atoms with Crippen LogP contribution in [0.2, 0.25) is 0 Å². The second kappa shape index (κ2) is 3.26. The van der Waals surface area contributed by atoms with Crippen molar-refractivity contribution in [3.63, 3.8) is 0 Å². The highest BCUT2D eigenvalue weighted by Gasteiger charge is 2.29. The second-order valence-electron chi connectivity index (χ2n) is 4.32. The molecule has 2 rings (SSSR count). The van der Waals surface area contributed by atoms with Crippen molar-refractivity contribution < 1.29 is 9.94 Å². The molecule has 1 aromatic rings. The van der Waals surface area contributed by atoms with Crippen molar-refractivity contribution in [3.05, 3.63) is 29.3 Å². The number of ether oxygens (including phenoxy) is 1. The Kier molecular flexibility index (Phi) is 2.21. The summed E-state index contributed by atoms with van der Waals surface area (Å²) in [5.74, 6) is 0.969. The van der Waals surface area contributed by atoms with Crippen LogP contribution in [0.5, 0.6) is 5.75 Å². The highest BCUT2D eigenvalue weighted by atomic mass is 16.5. The Labute approximate surface area is 83.7 Å². The first kappa shape index (κ1) is 9.49. The average molecular weight is 193 g/mol. The van der Waals surface area contributed by atoms with Crippen LogP contribution in [0, 0.1) is 0 Å². The van der Waals surface area contributed by atoms with E-state index >= 15 is 0 Å². The van der Waals surface area contributed by atoms with E-state index < -0.39 is 0 Å². The molecule has 0 bridgehead atoms. The van der Waals surface area contributed by atoms with Gasteiger partial charge in [-0.2, -0.15) is 0 Å². The summed E-state index contributed by atoms with van der Waals surface area (Å²) in [5, 5.41) is 8.59. The van der Waals surface area contributed by atoms with Gasteiger partial charge in [-0.05, 0) is 31.0 Å². The highest BCUT2D eigenvalue weighted by molar-refractivity contribution is 5.41. The Hall–Kier alpha value is -1.06. The molecule has 0 aromatic heterocycles. The number of hydroxylamine groups is 1. The zero-order valence-electron chi connectivity index (χ0n) is 8.50. The van der Waals surface area contributed by atoms with E-state index in [4.69, 9.17) is 9.94 Å². The summed E-state index contributed by atoms with van der Waals surface area (Å²) >= 11 is 0. The Bertz CT molecular complexity index is 347. The minimum atomic E-state index is -0.0897. The summed E-state index contributed by atoms with van der Waals surface area (Å²) < 4.78 is 5.74. The third-order valence-electron chi connectivity index (χ3n) is 2.41. The molecule has 0 saturated carbocycles. The van der Waals surface area contributed by atoms with E-state index in [9.17, 15) is 0 Å². The molecule has 1 aliphatic rings. The maximum Gasteiger partial charge on any atom is 0.123 e. The summed E-state index contributed by atoms with van der Waals surface area (Å²) in [6, 6.07) is 6.01. The lowest BCUT2D eigenvalue weighted by atomic mass is 10.0. The standard InChI is InChI=1S/C11H15NO2/c1-11(2)6-9-5-8(7-12-13)3-4-10(9)14-11/h3-5,12-13H,6-7H2,1-2H3. The minimum absolute atomic E-state index is 0.0897. The summed E-state index contributed by atoms with van der Waals surface area (Å²) in [7, 11) is 0. The van der Waals surface area contributed by atoms with Crippen LogP contribution < -0.4 is 10.2 Å². The normalized spacial score (nSPS) is 17.6. The molecule has 1 heterocycles. The molecule has 1 aromatic carbocycles. The zero-order chi connectivity index (χ0) is 10.2. The van der Waals surface area contributed by atoms with Gasteiger partial charge in [0.2, 0.25) is 0 Å². The lowest BCUT2D eigenvalue weighted by Crippen LogP contribution is -2.24. The second-order valence-corrected chi connectivity index (χ2v) is 4.32. The third-order valence-corrected chi connectivity index (χ3v) is 2.41. The van der Waals surface area contributed by atoms with Crippen molar-refractivity contribution in [2.24, 2.45) is 0 Å². The molecule has 0 atom stereocenters. The zero-order valence-corrected chi connectivity index (χ0v) is 8.50. The number of nitrogens with one attached hydrogen (secondary N) is 1. The Morgan fingerprint density at radius 3 is 3.00 bits per heavy atom. The van der Waals surface area contributed by atoms with Crippen molar-refractivity contribution in [1.29, 1.82) is 0 Å². The first-order valence-corrected chi connectivity index (χ1v) is 4.78. The minimum Gasteiger partial charge on any atom is -0.487 e. The van der Waals surface area contributed by atoms with E-state index in [-0.39, 0.29) is 5.60 Å². The van der Waals surface area contributed by atoms with Crippen LogP contribution in [0.25, 0.3) is 0 Å². The quantitative estimate of drug-likeness (QED) is 0.705. The Balaban J connectivity index is 2.26. The van der Waals surface area contributed by atoms with E-state index in [1.165, 1.54) is 5.56 Å². The van der Waals surface area contributed by atoms with E-state index in [1.54, 1.807) is 0 Å². The molecule has 2 N–H and O–H groups in total. The SMILES string of the molecule is CC1(C)Cc2cc(CNO)ccc2O1. The molecule has 1 aliphatic heterocycles. The van der Waals surface area contributed by atoms with Crippen LogP contribution in [0.4, 0.5) is 0 Å². The predicted octanol–water partition coefficient (Wildman–Crippen LogP) is 1.88. The van der Waals surface area contributed by atoms with E-state index in [2.05, 4.69) is 25.4 Å². The fraction of sp³-hybridized carbons (Fsp3) is 0.455. The lowest BCUT2D eigenvalue weighted by molar-refractivity contribution is 0.138. The van der Waals surface area contributed by atoms with Gasteiger partial charge >= 0.3 is 0 Å². The Morgan fingerprint density at radius 1 is 1.50 bits per heavy atom. The maximum absolute atomic E-state index is 8.59. The molecule has 0 amide bonds. The van der Waals surface area contributed by atoms with Gasteiger partial charge in [0.1, 0.15) is 11.4 Å². The lowest BCUT2D eigenvalue weighted by Gasteiger charge is -2.16. The summed E-state index contributed by atoms with van der Waals surface area (Å²) in [6.07, 6.45) is 0.932. The van der Waals surface area contributed by atoms with Crippen LogP contribution in [0.3, 0.4) is 0 Å². The molecule has 3 nitrogen and oxygen atoms in total. The van der Waals surface area contributed by atoms with Gasteiger partial charge < -0.3 is 9.94 Å². The van der Waals surface area contributed by atoms with Crippen LogP contribution in [0.15, 0.2) is 18.2 Å². The first-order valence-electron chi connectivity index (χ1n) is 4.78. The monoisotopic (exact) mass is 193 g/mol. The number of rotatable bonds is 2. The number of fused-ring (bicyclic) bond motifs is 1. The molecule has 76 valence electrons. The van der Waals surface area contributed by atoms with Gasteiger partial charge in [0.15, 0.2) is 0 Å². The van der Waals surface area contributed by atoms with Gasteiger partial charge in [0.25, 0.3) is 0 Å². The molecule has 0 spiro atoms. The van der Waals surface area contributed by atoms with Crippen molar-refractivity contribution in [3.8, 4) is 5.75 Å². The van der Waals surface area contributed by atoms with E-state index in [0.717, 1.165) is 17.7 Å².